The quantitative estimate of drug-likeness (QED) is 0.732. The molecule has 5 fully saturated rings. The van der Waals surface area contributed by atoms with Crippen molar-refractivity contribution < 1.29 is 9.59 Å². The van der Waals surface area contributed by atoms with E-state index in [4.69, 9.17) is 23.2 Å². The van der Waals surface area contributed by atoms with Crippen molar-refractivity contribution in [2.45, 2.75) is 19.3 Å². The third-order valence-corrected chi connectivity index (χ3v) is 6.69. The van der Waals surface area contributed by atoms with Gasteiger partial charge in [-0.25, -0.2) is 4.90 Å². The first-order valence-corrected chi connectivity index (χ1v) is 8.66. The summed E-state index contributed by atoms with van der Waals surface area (Å²) in [5.74, 6) is 1.94. The Morgan fingerprint density at radius 1 is 0.818 bits per heavy atom. The van der Waals surface area contributed by atoms with E-state index in [-0.39, 0.29) is 23.7 Å². The first kappa shape index (κ1) is 13.4. The van der Waals surface area contributed by atoms with Crippen LogP contribution in [-0.4, -0.2) is 11.8 Å². The van der Waals surface area contributed by atoms with Crippen LogP contribution in [-0.2, 0) is 9.59 Å². The zero-order valence-electron chi connectivity index (χ0n) is 11.8. The topological polar surface area (TPSA) is 37.4 Å². The van der Waals surface area contributed by atoms with E-state index in [1.807, 2.05) is 0 Å². The molecule has 0 spiro atoms. The highest BCUT2D eigenvalue weighted by Gasteiger charge is 2.68. The van der Waals surface area contributed by atoms with Crippen LogP contribution in [0.3, 0.4) is 0 Å². The van der Waals surface area contributed by atoms with Gasteiger partial charge in [0.1, 0.15) is 0 Å². The Morgan fingerprint density at radius 3 is 1.82 bits per heavy atom. The maximum atomic E-state index is 12.9. The average Bonchev–Trinajstić information content (AvgIpc) is 3.23. The molecule has 4 aliphatic carbocycles. The fraction of sp³-hybridized carbons (Fsp3) is 0.529. The second kappa shape index (κ2) is 4.27. The molecule has 0 unspecified atom stereocenters. The predicted molar refractivity (Wildman–Crippen MR) is 83.7 cm³/mol. The molecule has 114 valence electrons. The van der Waals surface area contributed by atoms with Crippen LogP contribution in [0, 0.1) is 35.5 Å². The molecule has 0 N–H and O–H groups in total. The van der Waals surface area contributed by atoms with E-state index in [9.17, 15) is 9.59 Å². The maximum absolute atomic E-state index is 12.9. The standard InChI is InChI=1S/C17H15Cl2NO2/c18-7-3-8(19)5-9(4-7)20-16(21)14-10-1-2-11(13-6-12(10)13)15(14)17(20)22/h3-5,10-15H,1-2,6H2/t10-,11+,12+,13-,14-,15+. The second-order valence-electron chi connectivity index (χ2n) is 7.16. The number of carbonyl (C=O) groups is 2. The molecule has 22 heavy (non-hydrogen) atoms. The highest BCUT2D eigenvalue weighted by molar-refractivity contribution is 6.35. The number of nitrogens with zero attached hydrogens (tertiary/aromatic N) is 1. The summed E-state index contributed by atoms with van der Waals surface area (Å²) in [7, 11) is 0. The number of halogens is 2. The lowest BCUT2D eigenvalue weighted by Gasteiger charge is -2.42. The van der Waals surface area contributed by atoms with Gasteiger partial charge in [0.15, 0.2) is 0 Å². The van der Waals surface area contributed by atoms with Gasteiger partial charge in [-0.15, -0.1) is 0 Å². The van der Waals surface area contributed by atoms with Gasteiger partial charge in [0.25, 0.3) is 0 Å². The van der Waals surface area contributed by atoms with Crippen molar-refractivity contribution in [2.24, 2.45) is 35.5 Å². The Bertz CT molecular complexity index is 664. The number of fused-ring (bicyclic) bond motifs is 1. The molecule has 5 aliphatic rings. The number of anilines is 1. The zero-order chi connectivity index (χ0) is 15.2. The summed E-state index contributed by atoms with van der Waals surface area (Å²) >= 11 is 12.1. The van der Waals surface area contributed by atoms with Crippen molar-refractivity contribution in [3.8, 4) is 0 Å². The van der Waals surface area contributed by atoms with Crippen LogP contribution in [0.15, 0.2) is 18.2 Å². The van der Waals surface area contributed by atoms with Gasteiger partial charge in [-0.2, -0.15) is 0 Å². The number of rotatable bonds is 1. The van der Waals surface area contributed by atoms with E-state index in [1.165, 1.54) is 11.3 Å². The molecule has 1 aromatic carbocycles. The molecule has 4 saturated carbocycles. The third-order valence-electron chi connectivity index (χ3n) is 6.25. The van der Waals surface area contributed by atoms with Crippen molar-refractivity contribution >= 4 is 40.7 Å². The minimum absolute atomic E-state index is 0.0339. The van der Waals surface area contributed by atoms with E-state index >= 15 is 0 Å². The molecule has 3 nitrogen and oxygen atoms in total. The first-order valence-electron chi connectivity index (χ1n) is 7.90. The highest BCUT2D eigenvalue weighted by atomic mass is 35.5. The summed E-state index contributed by atoms with van der Waals surface area (Å²) < 4.78 is 0. The van der Waals surface area contributed by atoms with Gasteiger partial charge >= 0.3 is 0 Å². The van der Waals surface area contributed by atoms with Crippen LogP contribution >= 0.6 is 23.2 Å². The number of amides is 2. The van der Waals surface area contributed by atoms with Crippen molar-refractivity contribution in [2.75, 3.05) is 4.90 Å². The second-order valence-corrected chi connectivity index (χ2v) is 8.03. The van der Waals surface area contributed by atoms with Crippen LogP contribution in [0.5, 0.6) is 0 Å². The number of hydrogen-bond donors (Lipinski definition) is 0. The number of carbonyl (C=O) groups excluding carboxylic acids is 2. The Balaban J connectivity index is 1.59. The average molecular weight is 336 g/mol. The summed E-state index contributed by atoms with van der Waals surface area (Å²) in [5.41, 5.74) is 0.523. The smallest absolute Gasteiger partial charge is 0.237 e. The molecule has 6 atom stereocenters. The zero-order valence-corrected chi connectivity index (χ0v) is 13.3. The van der Waals surface area contributed by atoms with E-state index in [0.29, 0.717) is 39.4 Å². The normalized spacial score (nSPS) is 41.6. The molecule has 1 aliphatic heterocycles. The lowest BCUT2D eigenvalue weighted by molar-refractivity contribution is -0.129. The van der Waals surface area contributed by atoms with E-state index in [0.717, 1.165) is 12.8 Å². The van der Waals surface area contributed by atoms with Gasteiger partial charge in [0.05, 0.1) is 17.5 Å². The van der Waals surface area contributed by atoms with Gasteiger partial charge in [-0.3, -0.25) is 9.59 Å². The number of benzene rings is 1. The molecule has 0 radical (unpaired) electrons. The summed E-state index contributed by atoms with van der Waals surface area (Å²) in [6.45, 7) is 0. The van der Waals surface area contributed by atoms with Crippen LogP contribution < -0.4 is 4.90 Å². The molecule has 2 amide bonds. The Hall–Kier alpha value is -1.06. The molecule has 1 saturated heterocycles. The van der Waals surface area contributed by atoms with Crippen LogP contribution in [0.4, 0.5) is 5.69 Å². The van der Waals surface area contributed by atoms with Gasteiger partial charge in [-0.05, 0) is 61.1 Å². The number of hydrogen-bond acceptors (Lipinski definition) is 2. The molecule has 6 rings (SSSR count). The molecule has 2 bridgehead atoms. The van der Waals surface area contributed by atoms with Crippen molar-refractivity contribution in [3.63, 3.8) is 0 Å². The largest absolute Gasteiger partial charge is 0.274 e. The van der Waals surface area contributed by atoms with Crippen LogP contribution in [0.25, 0.3) is 0 Å². The van der Waals surface area contributed by atoms with Crippen molar-refractivity contribution in [1.82, 2.24) is 0 Å². The molecular formula is C17H15Cl2NO2. The lowest BCUT2D eigenvalue weighted by Crippen LogP contribution is -2.43. The Kier molecular flexibility index (Phi) is 2.60. The van der Waals surface area contributed by atoms with Gasteiger partial charge in [0, 0.05) is 10.0 Å². The van der Waals surface area contributed by atoms with Gasteiger partial charge in [-0.1, -0.05) is 23.2 Å². The van der Waals surface area contributed by atoms with E-state index in [1.54, 1.807) is 18.2 Å². The lowest BCUT2D eigenvalue weighted by atomic mass is 9.59. The van der Waals surface area contributed by atoms with Crippen LogP contribution in [0.2, 0.25) is 10.0 Å². The molecular weight excluding hydrogens is 321 g/mol. The Labute approximate surface area is 138 Å². The maximum Gasteiger partial charge on any atom is 0.237 e. The SMILES string of the molecule is O=C1[C@@H]2[C@@H]3CC[C@@H]([C@H]4C[C@H]43)[C@@H]2C(=O)N1c1cc(Cl)cc(Cl)c1. The van der Waals surface area contributed by atoms with Crippen LogP contribution in [0.1, 0.15) is 19.3 Å². The molecule has 5 heteroatoms. The minimum atomic E-state index is -0.104. The Morgan fingerprint density at radius 2 is 1.32 bits per heavy atom. The monoisotopic (exact) mass is 335 g/mol. The molecule has 1 heterocycles. The summed E-state index contributed by atoms with van der Waals surface area (Å²) in [5, 5.41) is 0.896. The summed E-state index contributed by atoms with van der Waals surface area (Å²) in [6, 6.07) is 4.93. The van der Waals surface area contributed by atoms with Crippen molar-refractivity contribution in [1.29, 1.82) is 0 Å². The molecule has 1 aromatic rings. The number of imide groups is 1. The minimum Gasteiger partial charge on any atom is -0.274 e. The fourth-order valence-corrected chi connectivity index (χ4v) is 5.98. The first-order chi connectivity index (χ1) is 10.6. The van der Waals surface area contributed by atoms with E-state index < -0.39 is 0 Å². The predicted octanol–water partition coefficient (Wildman–Crippen LogP) is 3.77. The molecule has 0 aromatic heterocycles. The van der Waals surface area contributed by atoms with Gasteiger partial charge in [0.2, 0.25) is 11.8 Å². The fourth-order valence-electron chi connectivity index (χ4n) is 5.46. The summed E-state index contributed by atoms with van der Waals surface area (Å²) in [4.78, 5) is 27.2. The van der Waals surface area contributed by atoms with Gasteiger partial charge < -0.3 is 0 Å². The summed E-state index contributed by atoms with van der Waals surface area (Å²) in [6.07, 6.45) is 3.44. The highest BCUT2D eigenvalue weighted by Crippen LogP contribution is 2.68. The van der Waals surface area contributed by atoms with E-state index in [2.05, 4.69) is 0 Å². The third kappa shape index (κ3) is 1.59. The van der Waals surface area contributed by atoms with Crippen molar-refractivity contribution in [3.05, 3.63) is 28.2 Å².